The van der Waals surface area contributed by atoms with Gasteiger partial charge in [0.2, 0.25) is 0 Å². The van der Waals surface area contributed by atoms with E-state index in [1.54, 1.807) is 31.2 Å². The summed E-state index contributed by atoms with van der Waals surface area (Å²) in [5.74, 6) is -0.896. The SMILES string of the molecule is CCOC(=O)c1cccc(Cn2cc(F)ccc2=O)c1. The lowest BCUT2D eigenvalue weighted by molar-refractivity contribution is 0.0526. The van der Waals surface area contributed by atoms with Crippen LogP contribution in [0, 0.1) is 5.82 Å². The van der Waals surface area contributed by atoms with Gasteiger partial charge in [-0.25, -0.2) is 9.18 Å². The highest BCUT2D eigenvalue weighted by atomic mass is 19.1. The third kappa shape index (κ3) is 3.32. The molecule has 1 aromatic heterocycles. The van der Waals surface area contributed by atoms with Crippen LogP contribution >= 0.6 is 0 Å². The lowest BCUT2D eigenvalue weighted by atomic mass is 10.1. The number of rotatable bonds is 4. The number of carbonyl (C=O) groups excluding carboxylic acids is 1. The highest BCUT2D eigenvalue weighted by Gasteiger charge is 2.07. The molecule has 0 spiro atoms. The van der Waals surface area contributed by atoms with Crippen molar-refractivity contribution < 1.29 is 13.9 Å². The number of benzene rings is 1. The maximum Gasteiger partial charge on any atom is 0.338 e. The van der Waals surface area contributed by atoms with Gasteiger partial charge in [0.15, 0.2) is 0 Å². The highest BCUT2D eigenvalue weighted by molar-refractivity contribution is 5.89. The molecule has 1 aromatic carbocycles. The smallest absolute Gasteiger partial charge is 0.338 e. The van der Waals surface area contributed by atoms with Crippen LogP contribution in [0.5, 0.6) is 0 Å². The summed E-state index contributed by atoms with van der Waals surface area (Å²) in [6, 6.07) is 9.02. The van der Waals surface area contributed by atoms with Crippen molar-refractivity contribution in [3.8, 4) is 0 Å². The van der Waals surface area contributed by atoms with Crippen LogP contribution in [0.3, 0.4) is 0 Å². The fourth-order valence-corrected chi connectivity index (χ4v) is 1.83. The summed E-state index contributed by atoms with van der Waals surface area (Å²) >= 11 is 0. The Bertz CT molecular complexity index is 679. The average molecular weight is 275 g/mol. The number of hydrogen-bond acceptors (Lipinski definition) is 3. The minimum atomic E-state index is -0.480. The third-order valence-electron chi connectivity index (χ3n) is 2.74. The monoisotopic (exact) mass is 275 g/mol. The van der Waals surface area contributed by atoms with Crippen molar-refractivity contribution in [2.45, 2.75) is 13.5 Å². The second kappa shape index (κ2) is 6.14. The Morgan fingerprint density at radius 2 is 2.10 bits per heavy atom. The van der Waals surface area contributed by atoms with E-state index in [1.165, 1.54) is 10.6 Å². The molecule has 0 amide bonds. The Balaban J connectivity index is 2.26. The van der Waals surface area contributed by atoms with Crippen molar-refractivity contribution in [3.05, 3.63) is 69.9 Å². The normalized spacial score (nSPS) is 10.3. The van der Waals surface area contributed by atoms with E-state index in [1.807, 2.05) is 0 Å². The van der Waals surface area contributed by atoms with Gasteiger partial charge in [0.1, 0.15) is 5.82 Å². The van der Waals surface area contributed by atoms with Crippen LogP contribution in [0.4, 0.5) is 4.39 Å². The van der Waals surface area contributed by atoms with Gasteiger partial charge in [-0.3, -0.25) is 4.79 Å². The van der Waals surface area contributed by atoms with Gasteiger partial charge < -0.3 is 9.30 Å². The van der Waals surface area contributed by atoms with Crippen LogP contribution in [0.25, 0.3) is 0 Å². The largest absolute Gasteiger partial charge is 0.462 e. The van der Waals surface area contributed by atoms with Crippen LogP contribution in [-0.4, -0.2) is 17.1 Å². The molecule has 0 saturated heterocycles. The summed E-state index contributed by atoms with van der Waals surface area (Å²) in [5.41, 5.74) is 0.838. The Morgan fingerprint density at radius 1 is 1.30 bits per heavy atom. The van der Waals surface area contributed by atoms with E-state index in [0.717, 1.165) is 17.8 Å². The molecule has 0 atom stereocenters. The number of pyridine rings is 1. The Labute approximate surface area is 115 Å². The van der Waals surface area contributed by atoms with Crippen molar-refractivity contribution in [1.82, 2.24) is 4.57 Å². The molecule has 0 aliphatic rings. The predicted molar refractivity (Wildman–Crippen MR) is 72.2 cm³/mol. The zero-order valence-corrected chi connectivity index (χ0v) is 11.0. The van der Waals surface area contributed by atoms with Crippen LogP contribution in [0.1, 0.15) is 22.8 Å². The zero-order chi connectivity index (χ0) is 14.5. The molecule has 0 unspecified atom stereocenters. The maximum atomic E-state index is 13.1. The molecule has 0 radical (unpaired) electrons. The molecule has 104 valence electrons. The molecule has 0 aliphatic carbocycles. The van der Waals surface area contributed by atoms with Crippen molar-refractivity contribution in [1.29, 1.82) is 0 Å². The first-order chi connectivity index (χ1) is 9.60. The predicted octanol–water partition coefficient (Wildman–Crippen LogP) is 2.21. The highest BCUT2D eigenvalue weighted by Crippen LogP contribution is 2.08. The van der Waals surface area contributed by atoms with Crippen molar-refractivity contribution in [3.63, 3.8) is 0 Å². The Morgan fingerprint density at radius 3 is 2.85 bits per heavy atom. The van der Waals surface area contributed by atoms with Crippen LogP contribution < -0.4 is 5.56 Å². The molecule has 5 heteroatoms. The van der Waals surface area contributed by atoms with Gasteiger partial charge in [-0.1, -0.05) is 12.1 Å². The fraction of sp³-hybridized carbons (Fsp3) is 0.200. The third-order valence-corrected chi connectivity index (χ3v) is 2.74. The summed E-state index contributed by atoms with van der Waals surface area (Å²) in [6.45, 7) is 2.23. The molecule has 4 nitrogen and oxygen atoms in total. The zero-order valence-electron chi connectivity index (χ0n) is 11.0. The van der Waals surface area contributed by atoms with Crippen LogP contribution in [0.2, 0.25) is 0 Å². The molecule has 1 heterocycles. The van der Waals surface area contributed by atoms with Crippen molar-refractivity contribution in [2.24, 2.45) is 0 Å². The van der Waals surface area contributed by atoms with Crippen LogP contribution in [-0.2, 0) is 11.3 Å². The van der Waals surface area contributed by atoms with Gasteiger partial charge in [-0.2, -0.15) is 0 Å². The first-order valence-electron chi connectivity index (χ1n) is 6.22. The van der Waals surface area contributed by atoms with E-state index < -0.39 is 11.8 Å². The fourth-order valence-electron chi connectivity index (χ4n) is 1.83. The second-order valence-electron chi connectivity index (χ2n) is 4.23. The summed E-state index contributed by atoms with van der Waals surface area (Å²) in [4.78, 5) is 23.2. The summed E-state index contributed by atoms with van der Waals surface area (Å²) in [7, 11) is 0. The molecular formula is C15H14FNO3. The van der Waals surface area contributed by atoms with E-state index in [2.05, 4.69) is 0 Å². The molecule has 2 rings (SSSR count). The van der Waals surface area contributed by atoms with Crippen molar-refractivity contribution in [2.75, 3.05) is 6.61 Å². The summed E-state index contributed by atoms with van der Waals surface area (Å²) < 4.78 is 19.3. The number of hydrogen-bond donors (Lipinski definition) is 0. The minimum Gasteiger partial charge on any atom is -0.462 e. The summed E-state index contributed by atoms with van der Waals surface area (Å²) in [6.07, 6.45) is 1.14. The Hall–Kier alpha value is -2.43. The van der Waals surface area contributed by atoms with Crippen molar-refractivity contribution >= 4 is 5.97 Å². The van der Waals surface area contributed by atoms with Gasteiger partial charge in [0, 0.05) is 12.3 Å². The standard InChI is InChI=1S/C15H14FNO3/c1-2-20-15(19)12-5-3-4-11(8-12)9-17-10-13(16)6-7-14(17)18/h3-8,10H,2,9H2,1H3. The van der Waals surface area contributed by atoms with Gasteiger partial charge >= 0.3 is 5.97 Å². The number of aromatic nitrogens is 1. The summed E-state index contributed by atoms with van der Waals surface area (Å²) in [5, 5.41) is 0. The molecule has 0 saturated carbocycles. The molecule has 2 aromatic rings. The molecule has 20 heavy (non-hydrogen) atoms. The number of nitrogens with zero attached hydrogens (tertiary/aromatic N) is 1. The number of halogens is 1. The second-order valence-corrected chi connectivity index (χ2v) is 4.23. The van der Waals surface area contributed by atoms with E-state index in [0.29, 0.717) is 12.2 Å². The topological polar surface area (TPSA) is 48.3 Å². The number of esters is 1. The quantitative estimate of drug-likeness (QED) is 0.804. The maximum absolute atomic E-state index is 13.1. The molecule has 0 fully saturated rings. The molecule has 0 N–H and O–H groups in total. The van der Waals surface area contributed by atoms with Crippen LogP contribution in [0.15, 0.2) is 47.4 Å². The van der Waals surface area contributed by atoms with Gasteiger partial charge in [-0.15, -0.1) is 0 Å². The number of carbonyl (C=O) groups is 1. The molecular weight excluding hydrogens is 261 g/mol. The Kier molecular flexibility index (Phi) is 4.30. The lowest BCUT2D eigenvalue weighted by Crippen LogP contribution is -2.19. The van der Waals surface area contributed by atoms with Gasteiger partial charge in [-0.05, 0) is 30.7 Å². The average Bonchev–Trinajstić information content (AvgIpc) is 2.43. The first kappa shape index (κ1) is 14.0. The van der Waals surface area contributed by atoms with E-state index in [-0.39, 0.29) is 12.1 Å². The van der Waals surface area contributed by atoms with E-state index in [4.69, 9.17) is 4.74 Å². The van der Waals surface area contributed by atoms with Gasteiger partial charge in [0.05, 0.1) is 18.7 Å². The number of ether oxygens (including phenoxy) is 1. The minimum absolute atomic E-state index is 0.198. The van der Waals surface area contributed by atoms with E-state index >= 15 is 0 Å². The molecule has 0 bridgehead atoms. The van der Waals surface area contributed by atoms with Gasteiger partial charge in [0.25, 0.3) is 5.56 Å². The van der Waals surface area contributed by atoms with E-state index in [9.17, 15) is 14.0 Å². The first-order valence-corrected chi connectivity index (χ1v) is 6.22. The lowest BCUT2D eigenvalue weighted by Gasteiger charge is -2.07. The molecule has 0 aliphatic heterocycles.